The number of ether oxygens (including phenoxy) is 1. The summed E-state index contributed by atoms with van der Waals surface area (Å²) in [4.78, 5) is 31.9. The van der Waals surface area contributed by atoms with Crippen LogP contribution in [0.5, 0.6) is 0 Å². The van der Waals surface area contributed by atoms with E-state index in [9.17, 15) is 4.79 Å². The van der Waals surface area contributed by atoms with E-state index in [1.807, 2.05) is 32.2 Å². The molecule has 1 saturated heterocycles. The van der Waals surface area contributed by atoms with Gasteiger partial charge < -0.3 is 19.9 Å². The molecule has 1 atom stereocenters. The fourth-order valence-electron chi connectivity index (χ4n) is 4.97. The maximum absolute atomic E-state index is 12.6. The molecule has 1 unspecified atom stereocenters. The van der Waals surface area contributed by atoms with Crippen LogP contribution >= 0.6 is 0 Å². The van der Waals surface area contributed by atoms with Crippen LogP contribution in [0.2, 0.25) is 0 Å². The van der Waals surface area contributed by atoms with E-state index in [0.29, 0.717) is 30.4 Å². The minimum atomic E-state index is -0.343. The normalized spacial score (nSPS) is 17.8. The molecule has 12 nitrogen and oxygen atoms in total. The Hall–Kier alpha value is -4.19. The first kappa shape index (κ1) is 26.4. The fraction of sp³-hybridized carbons (Fsp3) is 0.444. The van der Waals surface area contributed by atoms with E-state index < -0.39 is 0 Å². The Morgan fingerprint density at radius 3 is 2.56 bits per heavy atom. The summed E-state index contributed by atoms with van der Waals surface area (Å²) in [6.45, 7) is 5.46. The van der Waals surface area contributed by atoms with Crippen molar-refractivity contribution in [3.8, 4) is 22.7 Å². The lowest BCUT2D eigenvalue weighted by Gasteiger charge is -2.39. The number of methoxy groups -OCH3 is 1. The number of nitrogens with zero attached hydrogens (tertiary/aromatic N) is 8. The van der Waals surface area contributed by atoms with Crippen molar-refractivity contribution in [2.45, 2.75) is 57.6 Å². The first-order chi connectivity index (χ1) is 19.0. The van der Waals surface area contributed by atoms with Gasteiger partial charge in [0.15, 0.2) is 5.82 Å². The van der Waals surface area contributed by atoms with Gasteiger partial charge >= 0.3 is 0 Å². The molecule has 1 aliphatic heterocycles. The van der Waals surface area contributed by atoms with Crippen molar-refractivity contribution >= 4 is 11.9 Å². The molecule has 0 aromatic carbocycles. The lowest BCUT2D eigenvalue weighted by Crippen LogP contribution is -2.36. The first-order valence-electron chi connectivity index (χ1n) is 13.3. The molecule has 1 amide bonds. The van der Waals surface area contributed by atoms with Crippen molar-refractivity contribution in [3.63, 3.8) is 0 Å². The third kappa shape index (κ3) is 5.24. The molecule has 5 heterocycles. The Labute approximate surface area is 226 Å². The summed E-state index contributed by atoms with van der Waals surface area (Å²) in [6, 6.07) is 3.99. The van der Waals surface area contributed by atoms with Gasteiger partial charge in [0.1, 0.15) is 6.54 Å². The standard InChI is InChI=1S/C25H27N9O3.C2H6/c1-36-19-5-8-33(14-19)21(35)15-34-13-17(11-30-34)22-31-23(32-37-22)25(6-2-7-25)18-3-4-20(27-12-18)16-9-28-24(26)29-10-16;1-2/h3-4,9-13,19H,2,5-8,14-15H2,1H3,(H2,26,28,29);1-2H3. The van der Waals surface area contributed by atoms with E-state index in [-0.39, 0.29) is 29.9 Å². The zero-order valence-electron chi connectivity index (χ0n) is 22.4. The molecule has 0 radical (unpaired) electrons. The summed E-state index contributed by atoms with van der Waals surface area (Å²) in [7, 11) is 1.67. The lowest BCUT2D eigenvalue weighted by atomic mass is 9.64. The van der Waals surface area contributed by atoms with E-state index >= 15 is 0 Å². The second kappa shape index (κ2) is 11.3. The van der Waals surface area contributed by atoms with Crippen LogP contribution in [0.4, 0.5) is 5.95 Å². The maximum atomic E-state index is 12.6. The predicted molar refractivity (Wildman–Crippen MR) is 143 cm³/mol. The quantitative estimate of drug-likeness (QED) is 0.377. The number of anilines is 1. The van der Waals surface area contributed by atoms with Gasteiger partial charge in [0.2, 0.25) is 11.9 Å². The summed E-state index contributed by atoms with van der Waals surface area (Å²) in [5.74, 6) is 1.25. The van der Waals surface area contributed by atoms with Crippen LogP contribution in [0, 0.1) is 0 Å². The van der Waals surface area contributed by atoms with Crippen molar-refractivity contribution in [2.24, 2.45) is 0 Å². The molecule has 39 heavy (non-hydrogen) atoms. The van der Waals surface area contributed by atoms with E-state index in [4.69, 9.17) is 20.0 Å². The number of carbonyl (C=O) groups excluding carboxylic acids is 1. The fourth-order valence-corrected chi connectivity index (χ4v) is 4.97. The molecule has 0 spiro atoms. The minimum Gasteiger partial charge on any atom is -0.380 e. The molecule has 204 valence electrons. The van der Waals surface area contributed by atoms with E-state index in [1.165, 1.54) is 0 Å². The Morgan fingerprint density at radius 1 is 1.13 bits per heavy atom. The van der Waals surface area contributed by atoms with E-state index in [2.05, 4.69) is 25.2 Å². The largest absolute Gasteiger partial charge is 0.380 e. The molecule has 1 saturated carbocycles. The number of nitrogens with two attached hydrogens (primary N) is 1. The third-order valence-electron chi connectivity index (χ3n) is 7.35. The van der Waals surface area contributed by atoms with Gasteiger partial charge in [-0.2, -0.15) is 10.1 Å². The van der Waals surface area contributed by atoms with Crippen LogP contribution in [-0.2, 0) is 21.5 Å². The van der Waals surface area contributed by atoms with Crippen LogP contribution < -0.4 is 5.73 Å². The average Bonchev–Trinajstić information content (AvgIpc) is 3.72. The molecule has 2 aliphatic rings. The molecule has 1 aliphatic carbocycles. The van der Waals surface area contributed by atoms with Gasteiger partial charge in [-0.05, 0) is 30.9 Å². The van der Waals surface area contributed by atoms with Crippen molar-refractivity contribution in [3.05, 3.63) is 54.5 Å². The molecule has 4 aromatic rings. The van der Waals surface area contributed by atoms with Crippen LogP contribution in [0.25, 0.3) is 22.7 Å². The topological polar surface area (TPSA) is 151 Å². The van der Waals surface area contributed by atoms with Gasteiger partial charge in [0.25, 0.3) is 5.89 Å². The third-order valence-corrected chi connectivity index (χ3v) is 7.35. The Bertz CT molecular complexity index is 1390. The Morgan fingerprint density at radius 2 is 1.92 bits per heavy atom. The molecule has 0 bridgehead atoms. The van der Waals surface area contributed by atoms with Crippen LogP contribution in [0.3, 0.4) is 0 Å². The van der Waals surface area contributed by atoms with Crippen molar-refractivity contribution in [1.82, 2.24) is 39.8 Å². The highest BCUT2D eigenvalue weighted by Crippen LogP contribution is 2.48. The monoisotopic (exact) mass is 531 g/mol. The van der Waals surface area contributed by atoms with Gasteiger partial charge in [0, 0.05) is 50.6 Å². The molecule has 12 heteroatoms. The number of nitrogen functional groups attached to an aromatic ring is 1. The highest BCUT2D eigenvalue weighted by Gasteiger charge is 2.45. The van der Waals surface area contributed by atoms with Crippen LogP contribution in [-0.4, -0.2) is 72.0 Å². The van der Waals surface area contributed by atoms with Gasteiger partial charge in [-0.25, -0.2) is 9.97 Å². The minimum absolute atomic E-state index is 0.00955. The summed E-state index contributed by atoms with van der Waals surface area (Å²) >= 11 is 0. The zero-order chi connectivity index (χ0) is 27.4. The average molecular weight is 532 g/mol. The van der Waals surface area contributed by atoms with Crippen molar-refractivity contribution < 1.29 is 14.1 Å². The molecule has 4 aromatic heterocycles. The van der Waals surface area contributed by atoms with Crippen molar-refractivity contribution in [2.75, 3.05) is 25.9 Å². The number of aromatic nitrogens is 7. The molecule has 2 N–H and O–H groups in total. The number of hydrogen-bond acceptors (Lipinski definition) is 10. The summed E-state index contributed by atoms with van der Waals surface area (Å²) in [5, 5.41) is 8.66. The summed E-state index contributed by atoms with van der Waals surface area (Å²) in [5.41, 5.74) is 8.51. The first-order valence-corrected chi connectivity index (χ1v) is 13.3. The molecule has 2 fully saturated rings. The number of carbonyl (C=O) groups is 1. The summed E-state index contributed by atoms with van der Waals surface area (Å²) in [6.07, 6.45) is 12.4. The van der Waals surface area contributed by atoms with Crippen LogP contribution in [0.15, 0.2) is 47.6 Å². The number of likely N-dealkylation sites (tertiary alicyclic amines) is 1. The Balaban J connectivity index is 0.00000151. The highest BCUT2D eigenvalue weighted by molar-refractivity contribution is 5.76. The van der Waals surface area contributed by atoms with E-state index in [0.717, 1.165) is 42.5 Å². The van der Waals surface area contributed by atoms with Crippen molar-refractivity contribution in [1.29, 1.82) is 0 Å². The Kier molecular flexibility index (Phi) is 7.64. The van der Waals surface area contributed by atoms with E-state index in [1.54, 1.807) is 41.5 Å². The number of pyridine rings is 1. The lowest BCUT2D eigenvalue weighted by molar-refractivity contribution is -0.131. The number of amides is 1. The van der Waals surface area contributed by atoms with Crippen LogP contribution in [0.1, 0.15) is 50.9 Å². The molecular weight excluding hydrogens is 498 g/mol. The summed E-state index contributed by atoms with van der Waals surface area (Å²) < 4.78 is 12.6. The van der Waals surface area contributed by atoms with Gasteiger partial charge in [0.05, 0.1) is 29.0 Å². The maximum Gasteiger partial charge on any atom is 0.261 e. The predicted octanol–water partition coefficient (Wildman–Crippen LogP) is 3.11. The second-order valence-corrected chi connectivity index (χ2v) is 9.53. The smallest absolute Gasteiger partial charge is 0.261 e. The zero-order valence-corrected chi connectivity index (χ0v) is 22.4. The van der Waals surface area contributed by atoms with Gasteiger partial charge in [-0.3, -0.25) is 14.5 Å². The second-order valence-electron chi connectivity index (χ2n) is 9.53. The van der Waals surface area contributed by atoms with Gasteiger partial charge in [-0.15, -0.1) is 0 Å². The van der Waals surface area contributed by atoms with Gasteiger partial charge in [-0.1, -0.05) is 31.5 Å². The number of hydrogen-bond donors (Lipinski definition) is 1. The SMILES string of the molecule is CC.COC1CCN(C(=O)Cn2cc(-c3nc(C4(c5ccc(-c6cnc(N)nc6)nc5)CCC4)no3)cn2)C1. The highest BCUT2D eigenvalue weighted by atomic mass is 16.5. The number of rotatable bonds is 7. The molecule has 6 rings (SSSR count). The molecular formula is C27H33N9O3.